The second kappa shape index (κ2) is 7.11. The monoisotopic (exact) mass is 277 g/mol. The molecule has 1 aromatic rings. The van der Waals surface area contributed by atoms with Crippen LogP contribution in [0, 0.1) is 0 Å². The first-order chi connectivity index (χ1) is 9.31. The fourth-order valence-electron chi connectivity index (χ4n) is 1.99. The normalized spacial score (nSPS) is 14.8. The number of rotatable bonds is 4. The van der Waals surface area contributed by atoms with Gasteiger partial charge in [0.2, 0.25) is 0 Å². The number of hydrogen-bond acceptors (Lipinski definition) is 3. The molecule has 0 spiro atoms. The maximum atomic E-state index is 5.38. The van der Waals surface area contributed by atoms with Crippen molar-refractivity contribution in [2.24, 2.45) is 0 Å². The van der Waals surface area contributed by atoms with Crippen LogP contribution in [0.2, 0.25) is 0 Å². The van der Waals surface area contributed by atoms with E-state index in [2.05, 4.69) is 28.2 Å². The number of nitrogens with zero attached hydrogens (tertiary/aromatic N) is 1. The van der Waals surface area contributed by atoms with Crippen LogP contribution in [0.15, 0.2) is 36.9 Å². The summed E-state index contributed by atoms with van der Waals surface area (Å²) in [5.41, 5.74) is 2.18. The largest absolute Gasteiger partial charge is 0.378 e. The van der Waals surface area contributed by atoms with Crippen LogP contribution in [-0.4, -0.2) is 38.0 Å². The highest BCUT2D eigenvalue weighted by atomic mass is 32.1. The molecule has 0 saturated carbocycles. The molecule has 1 aliphatic rings. The van der Waals surface area contributed by atoms with Crippen molar-refractivity contribution in [3.8, 4) is 0 Å². The van der Waals surface area contributed by atoms with Crippen LogP contribution in [0.1, 0.15) is 0 Å². The predicted octanol–water partition coefficient (Wildman–Crippen LogP) is 2.00. The summed E-state index contributed by atoms with van der Waals surface area (Å²) >= 11 is 5.25. The number of hydrogen-bond donors (Lipinski definition) is 2. The minimum atomic E-state index is 0.612. The first-order valence-corrected chi connectivity index (χ1v) is 6.79. The molecule has 0 radical (unpaired) electrons. The van der Waals surface area contributed by atoms with Gasteiger partial charge in [0.25, 0.3) is 0 Å². The molecule has 4 nitrogen and oxygen atoms in total. The van der Waals surface area contributed by atoms with E-state index in [4.69, 9.17) is 17.0 Å². The molecule has 1 fully saturated rings. The van der Waals surface area contributed by atoms with Crippen molar-refractivity contribution in [1.29, 1.82) is 0 Å². The van der Waals surface area contributed by atoms with E-state index in [9.17, 15) is 0 Å². The lowest BCUT2D eigenvalue weighted by molar-refractivity contribution is 0.123. The number of ether oxygens (including phenoxy) is 1. The van der Waals surface area contributed by atoms with Crippen molar-refractivity contribution in [2.45, 2.75) is 0 Å². The molecule has 0 aliphatic carbocycles. The predicted molar refractivity (Wildman–Crippen MR) is 83.9 cm³/mol. The summed E-state index contributed by atoms with van der Waals surface area (Å²) in [4.78, 5) is 2.31. The molecular formula is C14H19N3OS. The Labute approximate surface area is 119 Å². The molecule has 1 aliphatic heterocycles. The van der Waals surface area contributed by atoms with Gasteiger partial charge in [0.05, 0.1) is 24.6 Å². The molecule has 0 bridgehead atoms. The topological polar surface area (TPSA) is 36.5 Å². The van der Waals surface area contributed by atoms with Crippen molar-refractivity contribution in [1.82, 2.24) is 5.32 Å². The number of anilines is 2. The zero-order chi connectivity index (χ0) is 13.5. The van der Waals surface area contributed by atoms with Crippen LogP contribution < -0.4 is 15.5 Å². The molecule has 0 amide bonds. The van der Waals surface area contributed by atoms with Crippen molar-refractivity contribution in [3.05, 3.63) is 36.9 Å². The van der Waals surface area contributed by atoms with Gasteiger partial charge in [0, 0.05) is 19.6 Å². The number of para-hydroxylation sites is 2. The van der Waals surface area contributed by atoms with E-state index in [1.165, 1.54) is 0 Å². The molecule has 1 aromatic carbocycles. The SMILES string of the molecule is C=CCNC(=S)Nc1ccccc1N1CCOCC1. The van der Waals surface area contributed by atoms with Gasteiger partial charge in [-0.15, -0.1) is 6.58 Å². The first kappa shape index (κ1) is 13.8. The molecule has 0 aromatic heterocycles. The highest BCUT2D eigenvalue weighted by molar-refractivity contribution is 7.80. The van der Waals surface area contributed by atoms with Gasteiger partial charge in [-0.2, -0.15) is 0 Å². The van der Waals surface area contributed by atoms with Gasteiger partial charge < -0.3 is 20.3 Å². The van der Waals surface area contributed by atoms with E-state index < -0.39 is 0 Å². The Morgan fingerprint density at radius 2 is 2.11 bits per heavy atom. The Balaban J connectivity index is 2.07. The van der Waals surface area contributed by atoms with Gasteiger partial charge >= 0.3 is 0 Å². The molecular weight excluding hydrogens is 258 g/mol. The zero-order valence-corrected chi connectivity index (χ0v) is 11.7. The van der Waals surface area contributed by atoms with Gasteiger partial charge in [-0.1, -0.05) is 18.2 Å². The van der Waals surface area contributed by atoms with Crippen LogP contribution in [0.4, 0.5) is 11.4 Å². The molecule has 5 heteroatoms. The number of benzene rings is 1. The van der Waals surface area contributed by atoms with Gasteiger partial charge in [-0.25, -0.2) is 0 Å². The van der Waals surface area contributed by atoms with E-state index in [1.807, 2.05) is 18.2 Å². The number of morpholine rings is 1. The Morgan fingerprint density at radius 1 is 1.37 bits per heavy atom. The highest BCUT2D eigenvalue weighted by Crippen LogP contribution is 2.26. The summed E-state index contributed by atoms with van der Waals surface area (Å²) in [6, 6.07) is 8.18. The van der Waals surface area contributed by atoms with Crippen molar-refractivity contribution in [2.75, 3.05) is 43.1 Å². The van der Waals surface area contributed by atoms with Gasteiger partial charge in [0.1, 0.15) is 0 Å². The van der Waals surface area contributed by atoms with Crippen molar-refractivity contribution in [3.63, 3.8) is 0 Å². The van der Waals surface area contributed by atoms with Crippen LogP contribution in [0.5, 0.6) is 0 Å². The standard InChI is InChI=1S/C14H19N3OS/c1-2-7-15-14(19)16-12-5-3-4-6-13(12)17-8-10-18-11-9-17/h2-6H,1,7-11H2,(H2,15,16,19). The van der Waals surface area contributed by atoms with Crippen LogP contribution in [0.25, 0.3) is 0 Å². The zero-order valence-electron chi connectivity index (χ0n) is 10.9. The van der Waals surface area contributed by atoms with Gasteiger partial charge in [-0.05, 0) is 24.4 Å². The lowest BCUT2D eigenvalue weighted by Gasteiger charge is -2.30. The third-order valence-corrected chi connectivity index (χ3v) is 3.16. The lowest BCUT2D eigenvalue weighted by Crippen LogP contribution is -2.37. The second-order valence-corrected chi connectivity index (χ2v) is 4.65. The third-order valence-electron chi connectivity index (χ3n) is 2.91. The van der Waals surface area contributed by atoms with E-state index in [1.54, 1.807) is 6.08 Å². The second-order valence-electron chi connectivity index (χ2n) is 4.24. The number of thiocarbonyl (C=S) groups is 1. The first-order valence-electron chi connectivity index (χ1n) is 6.38. The highest BCUT2D eigenvalue weighted by Gasteiger charge is 2.14. The third kappa shape index (κ3) is 3.94. The molecule has 1 heterocycles. The summed E-state index contributed by atoms with van der Waals surface area (Å²) in [5.74, 6) is 0. The Bertz CT molecular complexity index is 444. The van der Waals surface area contributed by atoms with Crippen LogP contribution >= 0.6 is 12.2 Å². The van der Waals surface area contributed by atoms with Gasteiger partial charge in [-0.3, -0.25) is 0 Å². The maximum Gasteiger partial charge on any atom is 0.171 e. The Morgan fingerprint density at radius 3 is 2.84 bits per heavy atom. The fraction of sp³-hybridized carbons (Fsp3) is 0.357. The lowest BCUT2D eigenvalue weighted by atomic mass is 10.2. The molecule has 0 unspecified atom stereocenters. The van der Waals surface area contributed by atoms with E-state index >= 15 is 0 Å². The van der Waals surface area contributed by atoms with E-state index in [0.29, 0.717) is 11.7 Å². The quantitative estimate of drug-likeness (QED) is 0.650. The summed E-state index contributed by atoms with van der Waals surface area (Å²) < 4.78 is 5.38. The molecule has 102 valence electrons. The molecule has 19 heavy (non-hydrogen) atoms. The molecule has 2 rings (SSSR count). The average Bonchev–Trinajstić information content (AvgIpc) is 2.46. The van der Waals surface area contributed by atoms with Gasteiger partial charge in [0.15, 0.2) is 5.11 Å². The van der Waals surface area contributed by atoms with E-state index in [-0.39, 0.29) is 0 Å². The fourth-order valence-corrected chi connectivity index (χ4v) is 2.18. The van der Waals surface area contributed by atoms with Crippen molar-refractivity contribution >= 4 is 28.7 Å². The van der Waals surface area contributed by atoms with E-state index in [0.717, 1.165) is 37.7 Å². The summed E-state index contributed by atoms with van der Waals surface area (Å²) in [6.07, 6.45) is 1.78. The summed E-state index contributed by atoms with van der Waals surface area (Å²) in [5, 5.41) is 6.91. The minimum Gasteiger partial charge on any atom is -0.378 e. The molecule has 2 N–H and O–H groups in total. The minimum absolute atomic E-state index is 0.612. The molecule has 0 atom stereocenters. The van der Waals surface area contributed by atoms with Crippen LogP contribution in [0.3, 0.4) is 0 Å². The summed E-state index contributed by atoms with van der Waals surface area (Å²) in [6.45, 7) is 7.68. The average molecular weight is 277 g/mol. The smallest absolute Gasteiger partial charge is 0.171 e. The summed E-state index contributed by atoms with van der Waals surface area (Å²) in [7, 11) is 0. The van der Waals surface area contributed by atoms with Crippen molar-refractivity contribution < 1.29 is 4.74 Å². The van der Waals surface area contributed by atoms with Crippen LogP contribution in [-0.2, 0) is 4.74 Å². The molecule has 1 saturated heterocycles. The Kier molecular flexibility index (Phi) is 5.18. The maximum absolute atomic E-state index is 5.38. The Hall–Kier alpha value is -1.59. The number of nitrogens with one attached hydrogen (secondary N) is 2.